The smallest absolute Gasteiger partial charge is 0.232 e. The van der Waals surface area contributed by atoms with Gasteiger partial charge in [0.15, 0.2) is 5.75 Å². The van der Waals surface area contributed by atoms with Crippen molar-refractivity contribution in [3.05, 3.63) is 16.7 Å². The topological polar surface area (TPSA) is 78.5 Å². The van der Waals surface area contributed by atoms with Gasteiger partial charge in [0.05, 0.1) is 18.3 Å². The largest absolute Gasteiger partial charge is 0.507 e. The predicted octanol–water partition coefficient (Wildman–Crippen LogP) is 4.79. The van der Waals surface area contributed by atoms with Crippen molar-refractivity contribution in [3.63, 3.8) is 0 Å². The molecule has 0 amide bonds. The first-order valence-electron chi connectivity index (χ1n) is 9.60. The van der Waals surface area contributed by atoms with Crippen molar-refractivity contribution < 1.29 is 24.8 Å². The van der Waals surface area contributed by atoms with Crippen molar-refractivity contribution in [1.82, 2.24) is 0 Å². The molecule has 1 saturated heterocycles. The first-order chi connectivity index (χ1) is 12.1. The van der Waals surface area contributed by atoms with Gasteiger partial charge < -0.3 is 14.6 Å². The third-order valence-corrected chi connectivity index (χ3v) is 7.00. The fourth-order valence-corrected chi connectivity index (χ4v) is 5.90. The summed E-state index contributed by atoms with van der Waals surface area (Å²) in [7, 11) is 1.44. The number of methoxy groups -OCH3 is 1. The van der Waals surface area contributed by atoms with Crippen LogP contribution in [0.1, 0.15) is 76.0 Å². The lowest BCUT2D eigenvalue weighted by atomic mass is 9.60. The summed E-state index contributed by atoms with van der Waals surface area (Å²) in [6, 6.07) is 0. The minimum atomic E-state index is -1.85. The summed E-state index contributed by atoms with van der Waals surface area (Å²) >= 11 is 0. The Morgan fingerprint density at radius 1 is 1.27 bits per heavy atom. The number of phenols is 1. The molecule has 1 aliphatic carbocycles. The molecule has 1 spiro atoms. The van der Waals surface area contributed by atoms with E-state index in [0.29, 0.717) is 24.0 Å². The van der Waals surface area contributed by atoms with Gasteiger partial charge in [-0.05, 0) is 30.1 Å². The molecule has 1 N–H and O–H groups in total. The van der Waals surface area contributed by atoms with Gasteiger partial charge >= 0.3 is 0 Å². The molecule has 1 aromatic rings. The van der Waals surface area contributed by atoms with Gasteiger partial charge in [-0.3, -0.25) is 5.11 Å². The molecule has 2 heterocycles. The maximum atomic E-state index is 13.8. The Labute approximate surface area is 154 Å². The molecule has 4 rings (SSSR count). The summed E-state index contributed by atoms with van der Waals surface area (Å²) < 4.78 is 11.6. The predicted molar refractivity (Wildman–Crippen MR) is 94.5 cm³/mol. The van der Waals surface area contributed by atoms with E-state index in [1.54, 1.807) is 0 Å². The van der Waals surface area contributed by atoms with E-state index in [9.17, 15) is 15.3 Å². The van der Waals surface area contributed by atoms with E-state index in [0.717, 1.165) is 19.3 Å². The summed E-state index contributed by atoms with van der Waals surface area (Å²) in [6.07, 6.45) is 3.52. The third-order valence-electron chi connectivity index (χ3n) is 7.00. The van der Waals surface area contributed by atoms with Gasteiger partial charge in [-0.1, -0.05) is 34.1 Å². The van der Waals surface area contributed by atoms with E-state index in [2.05, 4.69) is 13.8 Å². The summed E-state index contributed by atoms with van der Waals surface area (Å²) in [5.74, 6) is -2.09. The maximum Gasteiger partial charge on any atom is 0.232 e. The average Bonchev–Trinajstić information content (AvgIpc) is 2.78. The van der Waals surface area contributed by atoms with Gasteiger partial charge in [0.2, 0.25) is 11.5 Å². The quantitative estimate of drug-likeness (QED) is 0.823. The minimum absolute atomic E-state index is 0.0178. The van der Waals surface area contributed by atoms with Crippen LogP contribution in [0.4, 0.5) is 0 Å². The number of aromatic hydroxyl groups is 1. The van der Waals surface area contributed by atoms with Crippen LogP contribution in [-0.4, -0.2) is 17.8 Å². The monoisotopic (exact) mass is 360 g/mol. The Morgan fingerprint density at radius 2 is 1.96 bits per heavy atom. The summed E-state index contributed by atoms with van der Waals surface area (Å²) in [5, 5.41) is 38.0. The van der Waals surface area contributed by atoms with Crippen molar-refractivity contribution in [1.29, 1.82) is 0 Å². The molecular weight excluding hydrogens is 332 g/mol. The lowest BCUT2D eigenvalue weighted by Gasteiger charge is -2.48. The van der Waals surface area contributed by atoms with Crippen molar-refractivity contribution in [2.75, 3.05) is 7.11 Å². The number of benzene rings is 1. The first kappa shape index (κ1) is 17.9. The van der Waals surface area contributed by atoms with Crippen LogP contribution in [0.2, 0.25) is 0 Å². The second-order valence-corrected chi connectivity index (χ2v) is 9.33. The Morgan fingerprint density at radius 3 is 2.58 bits per heavy atom. The number of ether oxygens (including phenoxy) is 2. The van der Waals surface area contributed by atoms with Crippen LogP contribution < -0.4 is 4.74 Å². The van der Waals surface area contributed by atoms with Crippen LogP contribution in [0.25, 0.3) is 0 Å². The normalized spacial score (nSPS) is 34.5. The van der Waals surface area contributed by atoms with Gasteiger partial charge in [-0.15, -0.1) is 0 Å². The molecule has 2 radical (unpaired) electrons. The molecule has 3 aliphatic rings. The molecule has 142 valence electrons. The highest BCUT2D eigenvalue weighted by Gasteiger charge is 2.66. The second-order valence-electron chi connectivity index (χ2n) is 9.33. The third kappa shape index (κ3) is 2.10. The lowest BCUT2D eigenvalue weighted by molar-refractivity contribution is -0.279. The summed E-state index contributed by atoms with van der Waals surface area (Å²) in [5.41, 5.74) is 0.385. The van der Waals surface area contributed by atoms with Crippen LogP contribution in [0.3, 0.4) is 0 Å². The van der Waals surface area contributed by atoms with Crippen molar-refractivity contribution in [3.8, 4) is 17.2 Å². The van der Waals surface area contributed by atoms with E-state index in [-0.39, 0.29) is 40.1 Å². The second kappa shape index (κ2) is 5.29. The van der Waals surface area contributed by atoms with Gasteiger partial charge in [0.1, 0.15) is 5.75 Å². The summed E-state index contributed by atoms with van der Waals surface area (Å²) in [6.45, 7) is 8.14. The standard InChI is InChI=1S/C21H28O5/c1-11(2)14-17(23)15-12(16(22)18(14)25-5)9-20-8-6-7-19(3,4)13(20)10-21(15,24)26-20/h11,13,23H,6-10H2,1-5H3/t13-,20-,21+/m0/s1. The van der Waals surface area contributed by atoms with Gasteiger partial charge in [-0.25, -0.2) is 0 Å². The first-order valence-corrected chi connectivity index (χ1v) is 9.60. The van der Waals surface area contributed by atoms with E-state index in [1.807, 2.05) is 13.8 Å². The summed E-state index contributed by atoms with van der Waals surface area (Å²) in [4.78, 5) is 0. The van der Waals surface area contributed by atoms with E-state index < -0.39 is 11.4 Å². The van der Waals surface area contributed by atoms with Crippen LogP contribution in [-0.2, 0) is 27.2 Å². The zero-order valence-electron chi connectivity index (χ0n) is 16.3. The minimum Gasteiger partial charge on any atom is -0.507 e. The Kier molecular flexibility index (Phi) is 3.65. The molecule has 0 unspecified atom stereocenters. The van der Waals surface area contributed by atoms with Crippen molar-refractivity contribution >= 4 is 0 Å². The molecule has 3 atom stereocenters. The molecular formula is C21H28O5. The zero-order valence-corrected chi connectivity index (χ0v) is 16.3. The molecule has 0 aromatic heterocycles. The zero-order chi connectivity index (χ0) is 19.1. The molecule has 2 aliphatic heterocycles. The Balaban J connectivity index is 1.98. The van der Waals surface area contributed by atoms with Crippen LogP contribution in [0.15, 0.2) is 0 Å². The fourth-order valence-electron chi connectivity index (χ4n) is 5.90. The fraction of sp³-hybridized carbons (Fsp3) is 0.714. The van der Waals surface area contributed by atoms with Gasteiger partial charge in [0.25, 0.3) is 0 Å². The molecule has 2 fully saturated rings. The highest BCUT2D eigenvalue weighted by molar-refractivity contribution is 5.65. The molecule has 2 bridgehead atoms. The molecule has 26 heavy (non-hydrogen) atoms. The SMILES string of the molecule is COc1c([O])c2c(c(O)c1C(C)C)[C@@]1([O])C[C@H]3C(C)(C)CCC[C@@]3(C2)O1. The molecule has 5 nitrogen and oxygen atoms in total. The Hall–Kier alpha value is -1.46. The van der Waals surface area contributed by atoms with Gasteiger partial charge in [-0.2, -0.15) is 5.11 Å². The van der Waals surface area contributed by atoms with E-state index in [1.165, 1.54) is 7.11 Å². The number of phenolic OH excluding ortho intramolecular Hbond substituents is 1. The van der Waals surface area contributed by atoms with Crippen molar-refractivity contribution in [2.24, 2.45) is 11.3 Å². The highest BCUT2D eigenvalue weighted by atomic mass is 16.6. The molecule has 5 heteroatoms. The molecule has 1 aromatic carbocycles. The number of hydrogen-bond donors (Lipinski definition) is 1. The Bertz CT molecular complexity index is 768. The average molecular weight is 360 g/mol. The van der Waals surface area contributed by atoms with Crippen LogP contribution in [0, 0.1) is 11.3 Å². The van der Waals surface area contributed by atoms with Crippen molar-refractivity contribution in [2.45, 2.75) is 77.1 Å². The van der Waals surface area contributed by atoms with E-state index in [4.69, 9.17) is 9.47 Å². The number of hydrogen-bond acceptors (Lipinski definition) is 3. The maximum absolute atomic E-state index is 13.8. The van der Waals surface area contributed by atoms with Crippen LogP contribution in [0.5, 0.6) is 17.2 Å². The van der Waals surface area contributed by atoms with E-state index >= 15 is 0 Å². The van der Waals surface area contributed by atoms with Crippen LogP contribution >= 0.6 is 0 Å². The lowest BCUT2D eigenvalue weighted by Crippen LogP contribution is -2.49. The van der Waals surface area contributed by atoms with Gasteiger partial charge in [0, 0.05) is 24.0 Å². The highest BCUT2D eigenvalue weighted by Crippen LogP contribution is 2.66. The number of rotatable bonds is 2. The molecule has 1 saturated carbocycles. The number of fused-ring (bicyclic) bond motifs is 3.